The van der Waals surface area contributed by atoms with E-state index in [1.807, 2.05) is 0 Å². The Morgan fingerprint density at radius 3 is 2.48 bits per heavy atom. The van der Waals surface area contributed by atoms with Gasteiger partial charge in [0.25, 0.3) is 0 Å². The Balaban J connectivity index is 3.00. The van der Waals surface area contributed by atoms with E-state index in [1.165, 1.54) is 12.1 Å². The Labute approximate surface area is 134 Å². The normalized spacial score (nSPS) is 14.0. The van der Waals surface area contributed by atoms with Crippen LogP contribution in [-0.4, -0.2) is 29.7 Å². The molecule has 23 heavy (non-hydrogen) atoms. The van der Waals surface area contributed by atoms with Gasteiger partial charge in [0.15, 0.2) is 0 Å². The molecule has 1 unspecified atom stereocenters. The van der Waals surface area contributed by atoms with Gasteiger partial charge in [0, 0.05) is 30.1 Å². The number of alkyl carbamates (subject to hydrolysis) is 1. The summed E-state index contributed by atoms with van der Waals surface area (Å²) in [4.78, 5) is 21.8. The van der Waals surface area contributed by atoms with Crippen molar-refractivity contribution in [3.8, 4) is 0 Å². The molecule has 0 radical (unpaired) electrons. The maximum Gasteiger partial charge on any atom is 0.407 e. The van der Waals surface area contributed by atoms with Gasteiger partial charge in [-0.1, -0.05) is 19.1 Å². The van der Waals surface area contributed by atoms with Crippen molar-refractivity contribution >= 4 is 11.8 Å². The van der Waals surface area contributed by atoms with E-state index in [-0.39, 0.29) is 18.7 Å². The number of nitrogens with two attached hydrogens (primary N) is 1. The predicted octanol–water partition coefficient (Wildman–Crippen LogP) is 2.47. The number of nitrogens with zero attached hydrogens (tertiary/aromatic N) is 1. The van der Waals surface area contributed by atoms with Crippen LogP contribution < -0.4 is 11.1 Å². The first-order valence-corrected chi connectivity index (χ1v) is 7.10. The van der Waals surface area contributed by atoms with Crippen LogP contribution in [0, 0.1) is 15.9 Å². The van der Waals surface area contributed by atoms with Crippen molar-refractivity contribution in [1.29, 1.82) is 0 Å². The van der Waals surface area contributed by atoms with Crippen LogP contribution in [0.5, 0.6) is 0 Å². The van der Waals surface area contributed by atoms with E-state index in [4.69, 9.17) is 10.5 Å². The number of carbonyl (C=O) groups excluding carboxylic acids is 1. The summed E-state index contributed by atoms with van der Waals surface area (Å²) in [6.45, 7) is 6.74. The zero-order chi connectivity index (χ0) is 17.8. The number of amides is 1. The molecule has 0 fully saturated rings. The molecule has 128 valence electrons. The smallest absolute Gasteiger partial charge is 0.407 e. The second-order valence-electron chi connectivity index (χ2n) is 6.52. The van der Waals surface area contributed by atoms with Gasteiger partial charge in [0.1, 0.15) is 5.60 Å². The van der Waals surface area contributed by atoms with Crippen LogP contribution in [-0.2, 0) is 10.2 Å². The lowest BCUT2D eigenvalue weighted by Gasteiger charge is -2.29. The Morgan fingerprint density at radius 2 is 2.00 bits per heavy atom. The van der Waals surface area contributed by atoms with E-state index in [2.05, 4.69) is 5.32 Å². The molecule has 0 aliphatic heterocycles. The van der Waals surface area contributed by atoms with Crippen LogP contribution in [0.25, 0.3) is 0 Å². The average Bonchev–Trinajstić information content (AvgIpc) is 2.43. The number of nitro groups is 1. The van der Waals surface area contributed by atoms with Crippen molar-refractivity contribution in [3.05, 3.63) is 39.7 Å². The van der Waals surface area contributed by atoms with Gasteiger partial charge in [-0.25, -0.2) is 4.79 Å². The minimum Gasteiger partial charge on any atom is -0.444 e. The van der Waals surface area contributed by atoms with Crippen molar-refractivity contribution in [2.24, 2.45) is 5.73 Å². The minimum atomic E-state index is -1.01. The summed E-state index contributed by atoms with van der Waals surface area (Å²) in [5.41, 5.74) is 3.49. The van der Waals surface area contributed by atoms with Gasteiger partial charge in [-0.2, -0.15) is 4.39 Å². The summed E-state index contributed by atoms with van der Waals surface area (Å²) in [6.07, 6.45) is -0.664. The van der Waals surface area contributed by atoms with Gasteiger partial charge >= 0.3 is 11.8 Å². The first kappa shape index (κ1) is 18.8. The van der Waals surface area contributed by atoms with Crippen molar-refractivity contribution in [3.63, 3.8) is 0 Å². The molecule has 8 heteroatoms. The van der Waals surface area contributed by atoms with Gasteiger partial charge in [-0.05, 0) is 20.8 Å². The Kier molecular flexibility index (Phi) is 5.65. The lowest BCUT2D eigenvalue weighted by Crippen LogP contribution is -2.45. The number of nitrogens with one attached hydrogen (secondary N) is 1. The second-order valence-corrected chi connectivity index (χ2v) is 6.52. The third-order valence-electron chi connectivity index (χ3n) is 3.30. The number of nitro benzene ring substituents is 1. The Hall–Kier alpha value is -2.22. The quantitative estimate of drug-likeness (QED) is 0.638. The first-order valence-electron chi connectivity index (χ1n) is 7.10. The van der Waals surface area contributed by atoms with Crippen LogP contribution in [0.4, 0.5) is 14.9 Å². The maximum atomic E-state index is 14.4. The molecule has 3 N–H and O–H groups in total. The zero-order valence-corrected chi connectivity index (χ0v) is 13.7. The number of benzene rings is 1. The summed E-state index contributed by atoms with van der Waals surface area (Å²) in [7, 11) is 0. The van der Waals surface area contributed by atoms with Crippen molar-refractivity contribution in [2.75, 3.05) is 13.1 Å². The second kappa shape index (κ2) is 6.91. The summed E-state index contributed by atoms with van der Waals surface area (Å²) < 4.78 is 19.5. The third kappa shape index (κ3) is 4.88. The molecule has 0 aromatic heterocycles. The molecule has 0 aliphatic rings. The topological polar surface area (TPSA) is 107 Å². The van der Waals surface area contributed by atoms with Gasteiger partial charge < -0.3 is 15.8 Å². The summed E-state index contributed by atoms with van der Waals surface area (Å²) >= 11 is 0. The Bertz CT molecular complexity index is 601. The number of ether oxygens (including phenoxy) is 1. The number of carbonyl (C=O) groups is 1. The minimum absolute atomic E-state index is 0.0130. The molecule has 1 rings (SSSR count). The lowest BCUT2D eigenvalue weighted by atomic mass is 9.82. The van der Waals surface area contributed by atoms with Crippen molar-refractivity contribution in [1.82, 2.24) is 5.32 Å². The molecule has 1 atom stereocenters. The fourth-order valence-corrected chi connectivity index (χ4v) is 1.99. The fourth-order valence-electron chi connectivity index (χ4n) is 1.99. The number of hydrogen-bond donors (Lipinski definition) is 2. The molecule has 0 aliphatic carbocycles. The molecule has 0 saturated carbocycles. The van der Waals surface area contributed by atoms with E-state index >= 15 is 0 Å². The van der Waals surface area contributed by atoms with Crippen LogP contribution in [0.3, 0.4) is 0 Å². The number of hydrogen-bond acceptors (Lipinski definition) is 5. The van der Waals surface area contributed by atoms with Gasteiger partial charge in [0.05, 0.1) is 4.92 Å². The summed E-state index contributed by atoms with van der Waals surface area (Å²) in [5.74, 6) is -0.948. The summed E-state index contributed by atoms with van der Waals surface area (Å²) in [5, 5.41) is 13.4. The molecule has 1 amide bonds. The van der Waals surface area contributed by atoms with Gasteiger partial charge in [-0.15, -0.1) is 0 Å². The standard InChI is InChI=1S/C15H22FN3O4/c1-14(2,3)23-13(20)18-9-15(4,8-17)10-6-5-7-11(12(10)16)19(21)22/h5-7H,8-9,17H2,1-4H3,(H,18,20). The molecule has 0 bridgehead atoms. The van der Waals surface area contributed by atoms with Crippen LogP contribution in [0.1, 0.15) is 33.3 Å². The lowest BCUT2D eigenvalue weighted by molar-refractivity contribution is -0.387. The fraction of sp³-hybridized carbons (Fsp3) is 0.533. The molecule has 1 aromatic carbocycles. The maximum absolute atomic E-state index is 14.4. The Morgan fingerprint density at radius 1 is 1.39 bits per heavy atom. The van der Waals surface area contributed by atoms with Crippen LogP contribution >= 0.6 is 0 Å². The SMILES string of the molecule is CC(C)(C)OC(=O)NCC(C)(CN)c1cccc([N+](=O)[O-])c1F. The highest BCUT2D eigenvalue weighted by atomic mass is 19.1. The molecule has 0 saturated heterocycles. The average molecular weight is 327 g/mol. The van der Waals surface area contributed by atoms with Crippen molar-refractivity contribution < 1.29 is 18.8 Å². The first-order chi connectivity index (χ1) is 10.5. The van der Waals surface area contributed by atoms with E-state index in [1.54, 1.807) is 27.7 Å². The summed E-state index contributed by atoms with van der Waals surface area (Å²) in [6, 6.07) is 3.89. The van der Waals surface area contributed by atoms with E-state index in [0.29, 0.717) is 0 Å². The monoisotopic (exact) mass is 327 g/mol. The molecule has 7 nitrogen and oxygen atoms in total. The van der Waals surface area contributed by atoms with E-state index < -0.39 is 33.5 Å². The molecular weight excluding hydrogens is 305 g/mol. The predicted molar refractivity (Wildman–Crippen MR) is 83.7 cm³/mol. The zero-order valence-electron chi connectivity index (χ0n) is 13.7. The molecule has 0 heterocycles. The number of halogens is 1. The molecular formula is C15H22FN3O4. The van der Waals surface area contributed by atoms with Crippen molar-refractivity contribution in [2.45, 2.75) is 38.7 Å². The number of rotatable bonds is 5. The highest BCUT2D eigenvalue weighted by Gasteiger charge is 2.32. The van der Waals surface area contributed by atoms with Crippen LogP contribution in [0.15, 0.2) is 18.2 Å². The van der Waals surface area contributed by atoms with Crippen LogP contribution in [0.2, 0.25) is 0 Å². The third-order valence-corrected chi connectivity index (χ3v) is 3.30. The van der Waals surface area contributed by atoms with Gasteiger partial charge in [-0.3, -0.25) is 10.1 Å². The molecule has 0 spiro atoms. The van der Waals surface area contributed by atoms with E-state index in [0.717, 1.165) is 6.07 Å². The van der Waals surface area contributed by atoms with Gasteiger partial charge in [0.2, 0.25) is 5.82 Å². The van der Waals surface area contributed by atoms with E-state index in [9.17, 15) is 19.3 Å². The largest absolute Gasteiger partial charge is 0.444 e. The molecule has 1 aromatic rings. The highest BCUT2D eigenvalue weighted by Crippen LogP contribution is 2.30. The highest BCUT2D eigenvalue weighted by molar-refractivity contribution is 5.67.